The van der Waals surface area contributed by atoms with Crippen molar-refractivity contribution in [2.24, 2.45) is 0 Å². The molecule has 0 fully saturated rings. The highest BCUT2D eigenvalue weighted by atomic mass is 127. The molecule has 0 aromatic rings. The van der Waals surface area contributed by atoms with E-state index in [-0.39, 0.29) is 6.16 Å². The lowest BCUT2D eigenvalue weighted by Crippen LogP contribution is -1.88. The first kappa shape index (κ1) is 11.9. The van der Waals surface area contributed by atoms with Gasteiger partial charge in [0.15, 0.2) is 0 Å². The fourth-order valence-corrected chi connectivity index (χ4v) is 1.94. The zero-order valence-electron chi connectivity index (χ0n) is 6.37. The second-order valence-electron chi connectivity index (χ2n) is 2.49. The number of alkyl halides is 1. The van der Waals surface area contributed by atoms with E-state index in [4.69, 9.17) is 9.79 Å². The third-order valence-corrected chi connectivity index (χ3v) is 2.99. The van der Waals surface area contributed by atoms with E-state index in [1.54, 1.807) is 0 Å². The highest BCUT2D eigenvalue weighted by Gasteiger charge is 2.10. The SMILES string of the molecule is O=P(O)(O)CCCCCCI. The molecule has 0 unspecified atom stereocenters. The normalized spacial score (nSPS) is 11.9. The van der Waals surface area contributed by atoms with Gasteiger partial charge in [0.05, 0.1) is 0 Å². The highest BCUT2D eigenvalue weighted by Crippen LogP contribution is 2.35. The molecule has 0 rings (SSSR count). The molecule has 68 valence electrons. The van der Waals surface area contributed by atoms with Gasteiger partial charge in [-0.15, -0.1) is 0 Å². The number of rotatable bonds is 6. The van der Waals surface area contributed by atoms with Gasteiger partial charge in [0.2, 0.25) is 0 Å². The van der Waals surface area contributed by atoms with Crippen molar-refractivity contribution < 1.29 is 14.4 Å². The van der Waals surface area contributed by atoms with Gasteiger partial charge in [-0.1, -0.05) is 35.4 Å². The van der Waals surface area contributed by atoms with E-state index >= 15 is 0 Å². The Morgan fingerprint density at radius 2 is 1.64 bits per heavy atom. The first-order chi connectivity index (χ1) is 5.06. The first-order valence-corrected chi connectivity index (χ1v) is 6.99. The largest absolute Gasteiger partial charge is 0.325 e. The van der Waals surface area contributed by atoms with Gasteiger partial charge in [-0.2, -0.15) is 0 Å². The van der Waals surface area contributed by atoms with Crippen LogP contribution < -0.4 is 0 Å². The molecular weight excluding hydrogens is 278 g/mol. The summed E-state index contributed by atoms with van der Waals surface area (Å²) in [4.78, 5) is 17.0. The number of hydrogen-bond acceptors (Lipinski definition) is 1. The van der Waals surface area contributed by atoms with Crippen molar-refractivity contribution in [2.45, 2.75) is 25.7 Å². The summed E-state index contributed by atoms with van der Waals surface area (Å²) in [5, 5.41) is 0. The molecule has 0 saturated heterocycles. The average Bonchev–Trinajstić information content (AvgIpc) is 1.85. The van der Waals surface area contributed by atoms with Gasteiger partial charge in [0, 0.05) is 6.16 Å². The third-order valence-electron chi connectivity index (χ3n) is 1.33. The summed E-state index contributed by atoms with van der Waals surface area (Å²) in [5.74, 6) is 0. The van der Waals surface area contributed by atoms with Crippen molar-refractivity contribution in [1.82, 2.24) is 0 Å². The maximum absolute atomic E-state index is 10.4. The summed E-state index contributed by atoms with van der Waals surface area (Å²) >= 11 is 2.30. The van der Waals surface area contributed by atoms with E-state index in [9.17, 15) is 4.57 Å². The van der Waals surface area contributed by atoms with Crippen LogP contribution in [0.4, 0.5) is 0 Å². The molecule has 0 aliphatic rings. The Balaban J connectivity index is 3.09. The summed E-state index contributed by atoms with van der Waals surface area (Å²) in [6.45, 7) is 0. The van der Waals surface area contributed by atoms with Crippen LogP contribution in [-0.2, 0) is 4.57 Å². The summed E-state index contributed by atoms with van der Waals surface area (Å²) in [7, 11) is -3.72. The molecule has 0 atom stereocenters. The van der Waals surface area contributed by atoms with Crippen LogP contribution >= 0.6 is 30.2 Å². The maximum atomic E-state index is 10.4. The molecule has 2 N–H and O–H groups in total. The quantitative estimate of drug-likeness (QED) is 0.341. The molecule has 0 amide bonds. The molecule has 0 aliphatic carbocycles. The van der Waals surface area contributed by atoms with Gasteiger partial charge < -0.3 is 9.79 Å². The number of unbranched alkanes of at least 4 members (excludes halogenated alkanes) is 3. The lowest BCUT2D eigenvalue weighted by Gasteiger charge is -2.01. The van der Waals surface area contributed by atoms with Crippen molar-refractivity contribution in [3.63, 3.8) is 0 Å². The van der Waals surface area contributed by atoms with E-state index in [0.29, 0.717) is 6.42 Å². The van der Waals surface area contributed by atoms with E-state index in [0.717, 1.165) is 23.7 Å². The zero-order chi connectivity index (χ0) is 8.74. The fourth-order valence-electron chi connectivity index (χ4n) is 0.766. The minimum atomic E-state index is -3.72. The highest BCUT2D eigenvalue weighted by molar-refractivity contribution is 14.1. The average molecular weight is 292 g/mol. The molecule has 5 heteroatoms. The summed E-state index contributed by atoms with van der Waals surface area (Å²) in [6, 6.07) is 0. The Hall–Kier alpha value is 0.880. The third kappa shape index (κ3) is 10.9. The van der Waals surface area contributed by atoms with E-state index in [1.165, 1.54) is 0 Å². The zero-order valence-corrected chi connectivity index (χ0v) is 9.42. The van der Waals surface area contributed by atoms with Crippen LogP contribution in [0.3, 0.4) is 0 Å². The molecule has 11 heavy (non-hydrogen) atoms. The molecule has 0 aliphatic heterocycles. The van der Waals surface area contributed by atoms with Gasteiger partial charge in [0.25, 0.3) is 0 Å². The second-order valence-corrected chi connectivity index (χ2v) is 5.35. The van der Waals surface area contributed by atoms with Gasteiger partial charge >= 0.3 is 7.60 Å². The molecule has 0 aromatic heterocycles. The van der Waals surface area contributed by atoms with Crippen molar-refractivity contribution in [3.8, 4) is 0 Å². The molecule has 3 nitrogen and oxygen atoms in total. The maximum Gasteiger partial charge on any atom is 0.325 e. The van der Waals surface area contributed by atoms with Gasteiger partial charge in [-0.25, -0.2) is 0 Å². The smallest absolute Gasteiger partial charge is 0.324 e. The lowest BCUT2D eigenvalue weighted by molar-refractivity contribution is 0.371. The predicted octanol–water partition coefficient (Wildman–Crippen LogP) is 2.16. The van der Waals surface area contributed by atoms with Crippen LogP contribution in [0.5, 0.6) is 0 Å². The first-order valence-electron chi connectivity index (χ1n) is 3.67. The molecule has 0 radical (unpaired) electrons. The topological polar surface area (TPSA) is 57.5 Å². The van der Waals surface area contributed by atoms with Crippen LogP contribution in [0.1, 0.15) is 25.7 Å². The van der Waals surface area contributed by atoms with Gasteiger partial charge in [-0.05, 0) is 17.3 Å². The second kappa shape index (κ2) is 6.40. The van der Waals surface area contributed by atoms with Crippen molar-refractivity contribution in [2.75, 3.05) is 10.6 Å². The standard InChI is InChI=1S/C6H14IO3P/c7-5-3-1-2-4-6-11(8,9)10/h1-6H2,(H2,8,9,10). The Bertz CT molecular complexity index is 134. The Kier molecular flexibility index (Phi) is 6.91. The number of hydrogen-bond donors (Lipinski definition) is 2. The van der Waals surface area contributed by atoms with Crippen LogP contribution in [0, 0.1) is 0 Å². The van der Waals surface area contributed by atoms with Crippen molar-refractivity contribution in [1.29, 1.82) is 0 Å². The summed E-state index contributed by atoms with van der Waals surface area (Å²) in [5.41, 5.74) is 0. The van der Waals surface area contributed by atoms with Gasteiger partial charge in [-0.3, -0.25) is 4.57 Å². The van der Waals surface area contributed by atoms with E-state index in [1.807, 2.05) is 0 Å². The van der Waals surface area contributed by atoms with Crippen molar-refractivity contribution in [3.05, 3.63) is 0 Å². The Morgan fingerprint density at radius 1 is 1.09 bits per heavy atom. The molecule has 0 heterocycles. The fraction of sp³-hybridized carbons (Fsp3) is 1.00. The molecule has 0 bridgehead atoms. The summed E-state index contributed by atoms with van der Waals surface area (Å²) in [6.07, 6.45) is 3.88. The van der Waals surface area contributed by atoms with Crippen molar-refractivity contribution >= 4 is 30.2 Å². The summed E-state index contributed by atoms with van der Waals surface area (Å²) < 4.78 is 11.5. The molecular formula is C6H14IO3P. The van der Waals surface area contributed by atoms with Crippen LogP contribution in [0.25, 0.3) is 0 Å². The van der Waals surface area contributed by atoms with Crippen LogP contribution in [0.2, 0.25) is 0 Å². The van der Waals surface area contributed by atoms with E-state index < -0.39 is 7.60 Å². The Morgan fingerprint density at radius 3 is 2.09 bits per heavy atom. The number of halogens is 1. The van der Waals surface area contributed by atoms with Gasteiger partial charge in [0.1, 0.15) is 0 Å². The molecule has 0 saturated carbocycles. The predicted molar refractivity (Wildman–Crippen MR) is 54.3 cm³/mol. The van der Waals surface area contributed by atoms with E-state index in [2.05, 4.69) is 22.6 Å². The monoisotopic (exact) mass is 292 g/mol. The minimum absolute atomic E-state index is 0.0498. The molecule has 0 spiro atoms. The van der Waals surface area contributed by atoms with Crippen LogP contribution in [0.15, 0.2) is 0 Å². The minimum Gasteiger partial charge on any atom is -0.324 e. The molecule has 0 aromatic carbocycles. The lowest BCUT2D eigenvalue weighted by atomic mass is 10.2. The Labute approximate surface area is 80.9 Å². The van der Waals surface area contributed by atoms with Crippen LogP contribution in [-0.4, -0.2) is 20.4 Å².